The van der Waals surface area contributed by atoms with Gasteiger partial charge >= 0.3 is 0 Å². The number of carbonyl (C=O) groups excluding carboxylic acids is 2. The predicted molar refractivity (Wildman–Crippen MR) is 120 cm³/mol. The number of aryl methyl sites for hydroxylation is 1. The van der Waals surface area contributed by atoms with E-state index in [0.29, 0.717) is 41.9 Å². The first-order valence-electron chi connectivity index (χ1n) is 10.2. The third-order valence-electron chi connectivity index (χ3n) is 5.67. The molecule has 1 atom stereocenters. The Kier molecular flexibility index (Phi) is 5.80. The number of pyridine rings is 1. The van der Waals surface area contributed by atoms with Gasteiger partial charge in [0.15, 0.2) is 5.78 Å². The highest BCUT2D eigenvalue weighted by atomic mass is 35.5. The van der Waals surface area contributed by atoms with Crippen molar-refractivity contribution in [3.05, 3.63) is 85.3 Å². The van der Waals surface area contributed by atoms with Gasteiger partial charge in [-0.1, -0.05) is 17.7 Å². The standard InChI is InChI=1S/C23H21ClN4O4/c1-12-6-9-19(25-11-12)27-23(30)20-13(2)26-17-4-3-5-18(29)22(17)21(20)15-10-14(28(31)32)7-8-16(15)24/h6-11,21,26H,3-5H2,1-2H3,(H,25,27,30). The second kappa shape index (κ2) is 8.55. The van der Waals surface area contributed by atoms with Crippen LogP contribution in [0, 0.1) is 17.0 Å². The number of hydrogen-bond acceptors (Lipinski definition) is 6. The summed E-state index contributed by atoms with van der Waals surface area (Å²) in [6.45, 7) is 3.64. The van der Waals surface area contributed by atoms with Gasteiger partial charge in [0, 0.05) is 58.2 Å². The van der Waals surface area contributed by atoms with Crippen molar-refractivity contribution in [1.29, 1.82) is 0 Å². The van der Waals surface area contributed by atoms with Crippen molar-refractivity contribution in [2.45, 2.75) is 39.0 Å². The smallest absolute Gasteiger partial charge is 0.269 e. The highest BCUT2D eigenvalue weighted by Crippen LogP contribution is 2.45. The number of non-ortho nitro benzene ring substituents is 1. The molecule has 0 saturated carbocycles. The van der Waals surface area contributed by atoms with Gasteiger partial charge in [0.1, 0.15) is 5.82 Å². The van der Waals surface area contributed by atoms with Crippen molar-refractivity contribution >= 4 is 34.8 Å². The van der Waals surface area contributed by atoms with Gasteiger partial charge in [0.05, 0.1) is 4.92 Å². The predicted octanol–water partition coefficient (Wildman–Crippen LogP) is 4.56. The molecule has 2 N–H and O–H groups in total. The van der Waals surface area contributed by atoms with Crippen molar-refractivity contribution in [2.24, 2.45) is 0 Å². The maximum atomic E-state index is 13.4. The van der Waals surface area contributed by atoms with Gasteiger partial charge in [0.25, 0.3) is 11.6 Å². The lowest BCUT2D eigenvalue weighted by Gasteiger charge is -2.34. The van der Waals surface area contributed by atoms with E-state index >= 15 is 0 Å². The van der Waals surface area contributed by atoms with E-state index in [2.05, 4.69) is 15.6 Å². The highest BCUT2D eigenvalue weighted by molar-refractivity contribution is 6.31. The normalized spacial score (nSPS) is 18.2. The fourth-order valence-corrected chi connectivity index (χ4v) is 4.41. The first-order chi connectivity index (χ1) is 15.3. The molecule has 0 radical (unpaired) electrons. The van der Waals surface area contributed by atoms with Gasteiger partial charge in [0.2, 0.25) is 0 Å². The number of nitro benzene ring substituents is 1. The molecule has 32 heavy (non-hydrogen) atoms. The van der Waals surface area contributed by atoms with Gasteiger partial charge in [-0.25, -0.2) is 4.98 Å². The molecule has 0 bridgehead atoms. The maximum absolute atomic E-state index is 13.4. The molecule has 164 valence electrons. The Morgan fingerprint density at radius 3 is 2.72 bits per heavy atom. The summed E-state index contributed by atoms with van der Waals surface area (Å²) in [5.74, 6) is -1.02. The van der Waals surface area contributed by atoms with Crippen LogP contribution in [-0.2, 0) is 9.59 Å². The van der Waals surface area contributed by atoms with Crippen LogP contribution in [0.4, 0.5) is 11.5 Å². The third-order valence-corrected chi connectivity index (χ3v) is 6.02. The molecule has 1 aromatic carbocycles. The molecule has 2 aliphatic rings. The Balaban J connectivity index is 1.85. The van der Waals surface area contributed by atoms with Crippen LogP contribution in [0.15, 0.2) is 59.1 Å². The van der Waals surface area contributed by atoms with E-state index in [0.717, 1.165) is 11.3 Å². The molecular weight excluding hydrogens is 432 g/mol. The summed E-state index contributed by atoms with van der Waals surface area (Å²) < 4.78 is 0. The van der Waals surface area contributed by atoms with E-state index in [9.17, 15) is 19.7 Å². The lowest BCUT2D eigenvalue weighted by Crippen LogP contribution is -2.35. The van der Waals surface area contributed by atoms with Crippen molar-refractivity contribution in [1.82, 2.24) is 10.3 Å². The molecule has 2 heterocycles. The second-order valence-electron chi connectivity index (χ2n) is 7.90. The van der Waals surface area contributed by atoms with E-state index in [4.69, 9.17) is 11.6 Å². The van der Waals surface area contributed by atoms with E-state index in [-0.39, 0.29) is 22.1 Å². The largest absolute Gasteiger partial charge is 0.362 e. The number of rotatable bonds is 4. The van der Waals surface area contributed by atoms with Crippen LogP contribution >= 0.6 is 11.6 Å². The Bertz CT molecular complexity index is 1200. The average molecular weight is 453 g/mol. The van der Waals surface area contributed by atoms with Crippen LogP contribution in [0.1, 0.15) is 43.2 Å². The number of amides is 1. The molecule has 1 aromatic heterocycles. The molecular formula is C23H21ClN4O4. The zero-order valence-corrected chi connectivity index (χ0v) is 18.3. The van der Waals surface area contributed by atoms with Gasteiger partial charge in [-0.15, -0.1) is 0 Å². The number of benzene rings is 1. The number of carbonyl (C=O) groups is 2. The van der Waals surface area contributed by atoms with Crippen molar-refractivity contribution in [3.63, 3.8) is 0 Å². The molecule has 1 aliphatic heterocycles. The number of aromatic nitrogens is 1. The summed E-state index contributed by atoms with van der Waals surface area (Å²) in [4.78, 5) is 41.5. The lowest BCUT2D eigenvalue weighted by molar-refractivity contribution is -0.384. The lowest BCUT2D eigenvalue weighted by atomic mass is 9.75. The summed E-state index contributed by atoms with van der Waals surface area (Å²) >= 11 is 6.46. The third kappa shape index (κ3) is 4.01. The van der Waals surface area contributed by atoms with Crippen LogP contribution in [-0.4, -0.2) is 21.6 Å². The number of halogens is 1. The van der Waals surface area contributed by atoms with Crippen molar-refractivity contribution in [3.8, 4) is 0 Å². The van der Waals surface area contributed by atoms with Crippen LogP contribution < -0.4 is 10.6 Å². The number of nitrogens with one attached hydrogen (secondary N) is 2. The minimum atomic E-state index is -0.822. The maximum Gasteiger partial charge on any atom is 0.269 e. The monoisotopic (exact) mass is 452 g/mol. The fraction of sp³-hybridized carbons (Fsp3) is 0.261. The fourth-order valence-electron chi connectivity index (χ4n) is 4.19. The van der Waals surface area contributed by atoms with Crippen molar-refractivity contribution < 1.29 is 14.5 Å². The molecule has 0 saturated heterocycles. The zero-order valence-electron chi connectivity index (χ0n) is 17.6. The Morgan fingerprint density at radius 1 is 1.25 bits per heavy atom. The summed E-state index contributed by atoms with van der Waals surface area (Å²) in [6, 6.07) is 7.58. The minimum Gasteiger partial charge on any atom is -0.362 e. The molecule has 8 nitrogen and oxygen atoms in total. The van der Waals surface area contributed by atoms with Crippen molar-refractivity contribution in [2.75, 3.05) is 5.32 Å². The number of Topliss-reactive ketones (excluding diaryl/α,β-unsaturated/α-hetero) is 1. The Labute approximate surface area is 189 Å². The van der Waals surface area contributed by atoms with E-state index in [1.807, 2.05) is 13.0 Å². The van der Waals surface area contributed by atoms with Crippen LogP contribution in [0.25, 0.3) is 0 Å². The first-order valence-corrected chi connectivity index (χ1v) is 10.6. The molecule has 0 spiro atoms. The zero-order chi connectivity index (χ0) is 23.0. The van der Waals surface area contributed by atoms with E-state index < -0.39 is 16.7 Å². The number of allylic oxidation sites excluding steroid dienone is 3. The molecule has 1 aliphatic carbocycles. The number of nitro groups is 1. The van der Waals surface area contributed by atoms with Crippen LogP contribution in [0.3, 0.4) is 0 Å². The number of ketones is 1. The average Bonchev–Trinajstić information content (AvgIpc) is 2.74. The minimum absolute atomic E-state index is 0.0995. The summed E-state index contributed by atoms with van der Waals surface area (Å²) in [5.41, 5.74) is 3.15. The Hall–Kier alpha value is -3.52. The summed E-state index contributed by atoms with van der Waals surface area (Å²) in [6.07, 6.45) is 3.32. The molecule has 0 fully saturated rings. The van der Waals surface area contributed by atoms with Crippen LogP contribution in [0.2, 0.25) is 5.02 Å². The van der Waals surface area contributed by atoms with Gasteiger partial charge < -0.3 is 10.6 Å². The summed E-state index contributed by atoms with van der Waals surface area (Å²) in [5, 5.41) is 17.7. The number of anilines is 1. The van der Waals surface area contributed by atoms with E-state index in [1.54, 1.807) is 19.2 Å². The molecule has 1 unspecified atom stereocenters. The first kappa shape index (κ1) is 21.7. The molecule has 1 amide bonds. The SMILES string of the molecule is CC1=C(C(=O)Nc2ccc(C)cn2)C(c2cc([N+](=O)[O-])ccc2Cl)C2=C(CCCC2=O)N1. The molecule has 4 rings (SSSR count). The quantitative estimate of drug-likeness (QED) is 0.519. The number of dihydropyridines is 1. The van der Waals surface area contributed by atoms with Gasteiger partial charge in [-0.2, -0.15) is 0 Å². The molecule has 2 aromatic rings. The van der Waals surface area contributed by atoms with Gasteiger partial charge in [-0.05, 0) is 49.9 Å². The number of nitrogens with zero attached hydrogens (tertiary/aromatic N) is 2. The highest BCUT2D eigenvalue weighted by Gasteiger charge is 2.40. The second-order valence-corrected chi connectivity index (χ2v) is 8.31. The molecule has 9 heteroatoms. The summed E-state index contributed by atoms with van der Waals surface area (Å²) in [7, 11) is 0. The van der Waals surface area contributed by atoms with E-state index in [1.165, 1.54) is 18.2 Å². The number of hydrogen-bond donors (Lipinski definition) is 2. The topological polar surface area (TPSA) is 114 Å². The van der Waals surface area contributed by atoms with Gasteiger partial charge in [-0.3, -0.25) is 19.7 Å². The Morgan fingerprint density at radius 2 is 2.03 bits per heavy atom. The van der Waals surface area contributed by atoms with Crippen LogP contribution in [0.5, 0.6) is 0 Å².